The molecule has 2 rings (SSSR count). The predicted molar refractivity (Wildman–Crippen MR) is 73.4 cm³/mol. The summed E-state index contributed by atoms with van der Waals surface area (Å²) in [6.07, 6.45) is 6.75. The highest BCUT2D eigenvalue weighted by Gasteiger charge is 2.21. The van der Waals surface area contributed by atoms with Crippen molar-refractivity contribution < 1.29 is 0 Å². The summed E-state index contributed by atoms with van der Waals surface area (Å²) in [4.78, 5) is 11.3. The average molecular weight is 248 g/mol. The summed E-state index contributed by atoms with van der Waals surface area (Å²) in [5, 5.41) is 3.60. The van der Waals surface area contributed by atoms with Crippen LogP contribution in [0.1, 0.15) is 49.3 Å². The maximum atomic E-state index is 4.72. The molecule has 100 valence electrons. The fraction of sp³-hybridized carbons (Fsp3) is 0.714. The summed E-state index contributed by atoms with van der Waals surface area (Å²) in [6, 6.07) is 0.460. The molecule has 1 aromatic rings. The number of aryl methyl sites for hydroxylation is 1. The minimum absolute atomic E-state index is 0.460. The Hall–Kier alpha value is -1.00. The van der Waals surface area contributed by atoms with E-state index in [1.807, 2.05) is 6.20 Å². The Morgan fingerprint density at radius 2 is 2.28 bits per heavy atom. The molecular formula is C14H24N4. The minimum Gasteiger partial charge on any atom is -0.310 e. The van der Waals surface area contributed by atoms with Crippen molar-refractivity contribution in [1.29, 1.82) is 0 Å². The summed E-state index contributed by atoms with van der Waals surface area (Å²) in [5.41, 5.74) is 2.57. The maximum absolute atomic E-state index is 4.72. The first kappa shape index (κ1) is 13.4. The molecule has 0 amide bonds. The van der Waals surface area contributed by atoms with Crippen molar-refractivity contribution in [3.63, 3.8) is 0 Å². The van der Waals surface area contributed by atoms with Crippen molar-refractivity contribution in [2.45, 2.75) is 45.2 Å². The Kier molecular flexibility index (Phi) is 4.66. The molecule has 18 heavy (non-hydrogen) atoms. The van der Waals surface area contributed by atoms with Gasteiger partial charge in [-0.15, -0.1) is 0 Å². The van der Waals surface area contributed by atoms with Crippen molar-refractivity contribution >= 4 is 0 Å². The molecular weight excluding hydrogens is 224 g/mol. The quantitative estimate of drug-likeness (QED) is 0.864. The average Bonchev–Trinajstić information content (AvgIpc) is 2.35. The van der Waals surface area contributed by atoms with E-state index in [2.05, 4.69) is 36.2 Å². The molecule has 0 radical (unpaired) electrons. The lowest BCUT2D eigenvalue weighted by molar-refractivity contribution is 0.386. The van der Waals surface area contributed by atoms with Gasteiger partial charge in [0.1, 0.15) is 5.82 Å². The normalized spacial score (nSPS) is 19.0. The SMILES string of the molecule is CCCNC1CCCc2nc(CN(C)C)ncc21. The Morgan fingerprint density at radius 3 is 3.00 bits per heavy atom. The molecule has 4 nitrogen and oxygen atoms in total. The molecule has 1 aliphatic carbocycles. The van der Waals surface area contributed by atoms with Crippen molar-refractivity contribution in [3.05, 3.63) is 23.3 Å². The number of nitrogens with zero attached hydrogens (tertiary/aromatic N) is 3. The van der Waals surface area contributed by atoms with Gasteiger partial charge in [0, 0.05) is 23.5 Å². The van der Waals surface area contributed by atoms with Gasteiger partial charge in [0.2, 0.25) is 0 Å². The van der Waals surface area contributed by atoms with Gasteiger partial charge in [-0.05, 0) is 46.3 Å². The molecule has 4 heteroatoms. The molecule has 0 spiro atoms. The number of nitrogens with one attached hydrogen (secondary N) is 1. The van der Waals surface area contributed by atoms with E-state index in [-0.39, 0.29) is 0 Å². The lowest BCUT2D eigenvalue weighted by Gasteiger charge is -2.25. The third kappa shape index (κ3) is 3.27. The Morgan fingerprint density at radius 1 is 1.44 bits per heavy atom. The number of hydrogen-bond donors (Lipinski definition) is 1. The topological polar surface area (TPSA) is 41.1 Å². The molecule has 1 N–H and O–H groups in total. The molecule has 0 saturated heterocycles. The van der Waals surface area contributed by atoms with Gasteiger partial charge in [-0.25, -0.2) is 9.97 Å². The third-order valence-electron chi connectivity index (χ3n) is 3.33. The van der Waals surface area contributed by atoms with Crippen LogP contribution >= 0.6 is 0 Å². The van der Waals surface area contributed by atoms with Gasteiger partial charge in [0.25, 0.3) is 0 Å². The first-order chi connectivity index (χ1) is 8.70. The molecule has 0 aliphatic heterocycles. The lowest BCUT2D eigenvalue weighted by atomic mass is 9.92. The van der Waals surface area contributed by atoms with Crippen LogP contribution in [0.3, 0.4) is 0 Å². The molecule has 1 aliphatic rings. The van der Waals surface area contributed by atoms with E-state index in [0.29, 0.717) is 6.04 Å². The lowest BCUT2D eigenvalue weighted by Crippen LogP contribution is -2.27. The highest BCUT2D eigenvalue weighted by Crippen LogP contribution is 2.27. The van der Waals surface area contributed by atoms with Gasteiger partial charge in [0.05, 0.1) is 6.54 Å². The van der Waals surface area contributed by atoms with Crippen LogP contribution in [0.15, 0.2) is 6.20 Å². The largest absolute Gasteiger partial charge is 0.310 e. The van der Waals surface area contributed by atoms with Gasteiger partial charge in [0.15, 0.2) is 0 Å². The molecule has 1 atom stereocenters. The van der Waals surface area contributed by atoms with E-state index in [9.17, 15) is 0 Å². The van der Waals surface area contributed by atoms with Crippen molar-refractivity contribution in [2.75, 3.05) is 20.6 Å². The van der Waals surface area contributed by atoms with Gasteiger partial charge in [-0.2, -0.15) is 0 Å². The summed E-state index contributed by atoms with van der Waals surface area (Å²) in [7, 11) is 4.10. The Bertz CT molecular complexity index is 389. The van der Waals surface area contributed by atoms with E-state index in [4.69, 9.17) is 4.98 Å². The highest BCUT2D eigenvalue weighted by molar-refractivity contribution is 5.24. The van der Waals surface area contributed by atoms with Crippen LogP contribution in [0.4, 0.5) is 0 Å². The van der Waals surface area contributed by atoms with Crippen LogP contribution in [0.2, 0.25) is 0 Å². The fourth-order valence-corrected chi connectivity index (χ4v) is 2.48. The van der Waals surface area contributed by atoms with Crippen LogP contribution < -0.4 is 5.32 Å². The van der Waals surface area contributed by atoms with Crippen LogP contribution in [-0.2, 0) is 13.0 Å². The van der Waals surface area contributed by atoms with E-state index >= 15 is 0 Å². The van der Waals surface area contributed by atoms with Crippen LogP contribution in [0, 0.1) is 0 Å². The molecule has 1 heterocycles. The molecule has 1 unspecified atom stereocenters. The van der Waals surface area contributed by atoms with Gasteiger partial charge in [-0.3, -0.25) is 0 Å². The standard InChI is InChI=1S/C14H24N4/c1-4-8-15-12-6-5-7-13-11(12)9-16-14(17-13)10-18(2)3/h9,12,15H,4-8,10H2,1-3H3. The zero-order valence-corrected chi connectivity index (χ0v) is 11.7. The maximum Gasteiger partial charge on any atom is 0.142 e. The first-order valence-electron chi connectivity index (χ1n) is 6.93. The third-order valence-corrected chi connectivity index (χ3v) is 3.33. The van der Waals surface area contributed by atoms with Crippen molar-refractivity contribution in [2.24, 2.45) is 0 Å². The van der Waals surface area contributed by atoms with Crippen LogP contribution in [0.25, 0.3) is 0 Å². The van der Waals surface area contributed by atoms with Gasteiger partial charge >= 0.3 is 0 Å². The second-order valence-electron chi connectivity index (χ2n) is 5.32. The van der Waals surface area contributed by atoms with Crippen molar-refractivity contribution in [1.82, 2.24) is 20.2 Å². The number of hydrogen-bond acceptors (Lipinski definition) is 4. The molecule has 0 aromatic carbocycles. The minimum atomic E-state index is 0.460. The number of aromatic nitrogens is 2. The zero-order valence-electron chi connectivity index (χ0n) is 11.7. The van der Waals surface area contributed by atoms with Crippen molar-refractivity contribution in [3.8, 4) is 0 Å². The smallest absolute Gasteiger partial charge is 0.142 e. The Balaban J connectivity index is 2.14. The first-order valence-corrected chi connectivity index (χ1v) is 6.93. The summed E-state index contributed by atoms with van der Waals surface area (Å²) < 4.78 is 0. The second kappa shape index (κ2) is 6.25. The molecule has 0 bridgehead atoms. The number of rotatable bonds is 5. The Labute approximate surface area is 110 Å². The second-order valence-corrected chi connectivity index (χ2v) is 5.32. The zero-order chi connectivity index (χ0) is 13.0. The van der Waals surface area contributed by atoms with E-state index in [1.165, 1.54) is 30.5 Å². The highest BCUT2D eigenvalue weighted by atomic mass is 15.1. The fourth-order valence-electron chi connectivity index (χ4n) is 2.48. The summed E-state index contributed by atoms with van der Waals surface area (Å²) in [5.74, 6) is 0.940. The van der Waals surface area contributed by atoms with E-state index in [1.54, 1.807) is 0 Å². The monoisotopic (exact) mass is 248 g/mol. The van der Waals surface area contributed by atoms with E-state index < -0.39 is 0 Å². The number of fused-ring (bicyclic) bond motifs is 1. The van der Waals surface area contributed by atoms with Gasteiger partial charge < -0.3 is 10.2 Å². The summed E-state index contributed by atoms with van der Waals surface area (Å²) >= 11 is 0. The molecule has 1 aromatic heterocycles. The summed E-state index contributed by atoms with van der Waals surface area (Å²) in [6.45, 7) is 4.09. The molecule has 0 saturated carbocycles. The van der Waals surface area contributed by atoms with Gasteiger partial charge in [-0.1, -0.05) is 6.92 Å². The van der Waals surface area contributed by atoms with Crippen LogP contribution in [-0.4, -0.2) is 35.5 Å². The van der Waals surface area contributed by atoms with E-state index in [0.717, 1.165) is 25.3 Å². The van der Waals surface area contributed by atoms with Crippen LogP contribution in [0.5, 0.6) is 0 Å². The predicted octanol–water partition coefficient (Wildman–Crippen LogP) is 1.92. The molecule has 0 fully saturated rings.